The van der Waals surface area contributed by atoms with Gasteiger partial charge in [-0.25, -0.2) is 4.98 Å². The number of fused-ring (bicyclic) bond motifs is 1. The van der Waals surface area contributed by atoms with E-state index in [2.05, 4.69) is 13.0 Å². The molecule has 24 heavy (non-hydrogen) atoms. The second-order valence-corrected chi connectivity index (χ2v) is 6.61. The minimum atomic E-state index is 0.151. The Balaban J connectivity index is 1.77. The first-order valence-corrected chi connectivity index (χ1v) is 9.16. The van der Waals surface area contributed by atoms with Crippen molar-refractivity contribution in [3.05, 3.63) is 29.8 Å². The number of aromatic nitrogens is 1. The van der Waals surface area contributed by atoms with Crippen LogP contribution in [0.2, 0.25) is 0 Å². The van der Waals surface area contributed by atoms with E-state index in [1.807, 2.05) is 23.1 Å². The Morgan fingerprint density at radius 2 is 2.12 bits per heavy atom. The summed E-state index contributed by atoms with van der Waals surface area (Å²) in [6, 6.07) is 8.05. The Hall–Kier alpha value is -1.79. The lowest BCUT2D eigenvalue weighted by molar-refractivity contribution is -0.132. The maximum atomic E-state index is 12.3. The summed E-state index contributed by atoms with van der Waals surface area (Å²) in [4.78, 5) is 19.0. The number of methoxy groups -OCH3 is 1. The summed E-state index contributed by atoms with van der Waals surface area (Å²) < 4.78 is 10.6. The number of thioether (sulfide) groups is 1. The molecule has 1 aliphatic heterocycles. The fourth-order valence-corrected chi connectivity index (χ4v) is 3.71. The van der Waals surface area contributed by atoms with Crippen molar-refractivity contribution in [3.8, 4) is 5.75 Å². The lowest BCUT2D eigenvalue weighted by Crippen LogP contribution is -2.41. The van der Waals surface area contributed by atoms with Crippen molar-refractivity contribution < 1.29 is 14.3 Å². The number of carbonyl (C=O) groups is 1. The molecule has 6 heteroatoms. The Bertz CT molecular complexity index is 730. The zero-order valence-corrected chi connectivity index (χ0v) is 14.9. The lowest BCUT2D eigenvalue weighted by atomic mass is 10.1. The molecule has 1 aromatic carbocycles. The molecular formula is C18H22N2O3S. The fourth-order valence-electron chi connectivity index (χ4n) is 2.71. The first kappa shape index (κ1) is 17.0. The predicted molar refractivity (Wildman–Crippen MR) is 95.8 cm³/mol. The molecule has 0 bridgehead atoms. The molecule has 1 saturated heterocycles. The van der Waals surface area contributed by atoms with Gasteiger partial charge < -0.3 is 14.4 Å². The Kier molecular flexibility index (Phi) is 5.58. The van der Waals surface area contributed by atoms with Crippen molar-refractivity contribution in [2.75, 3.05) is 39.2 Å². The van der Waals surface area contributed by atoms with E-state index in [-0.39, 0.29) is 5.91 Å². The molecule has 3 rings (SSSR count). The van der Waals surface area contributed by atoms with Crippen LogP contribution in [-0.2, 0) is 16.0 Å². The fraction of sp³-hybridized carbons (Fsp3) is 0.444. The van der Waals surface area contributed by atoms with Gasteiger partial charge in [0.1, 0.15) is 10.8 Å². The molecular weight excluding hydrogens is 324 g/mol. The van der Waals surface area contributed by atoms with Crippen LogP contribution in [0, 0.1) is 0 Å². The zero-order valence-electron chi connectivity index (χ0n) is 14.1. The maximum absolute atomic E-state index is 12.3. The van der Waals surface area contributed by atoms with Gasteiger partial charge in [0.15, 0.2) is 0 Å². The highest BCUT2D eigenvalue weighted by molar-refractivity contribution is 7.99. The van der Waals surface area contributed by atoms with Crippen LogP contribution in [0.1, 0.15) is 12.5 Å². The first-order chi connectivity index (χ1) is 11.7. The highest BCUT2D eigenvalue weighted by Gasteiger charge is 2.18. The standard InChI is InChI=1S/C18H22N2O3S/c1-3-13-10-14-4-5-15(22-2)11-16(14)19-18(13)24-12-17(21)20-6-8-23-9-7-20/h4-5,10-11H,3,6-9,12H2,1-2H3. The molecule has 0 N–H and O–H groups in total. The zero-order chi connectivity index (χ0) is 16.9. The quantitative estimate of drug-likeness (QED) is 0.779. The molecule has 2 aromatic rings. The van der Waals surface area contributed by atoms with Gasteiger partial charge in [0.2, 0.25) is 5.91 Å². The van der Waals surface area contributed by atoms with Gasteiger partial charge in [0.05, 0.1) is 31.6 Å². The number of hydrogen-bond donors (Lipinski definition) is 0. The second kappa shape index (κ2) is 7.85. The highest BCUT2D eigenvalue weighted by atomic mass is 32.2. The molecule has 0 aliphatic carbocycles. The molecule has 5 nitrogen and oxygen atoms in total. The summed E-state index contributed by atoms with van der Waals surface area (Å²) in [5, 5.41) is 2.02. The lowest BCUT2D eigenvalue weighted by Gasteiger charge is -2.26. The van der Waals surface area contributed by atoms with Gasteiger partial charge >= 0.3 is 0 Å². The van der Waals surface area contributed by atoms with E-state index in [1.54, 1.807) is 7.11 Å². The molecule has 1 aromatic heterocycles. The van der Waals surface area contributed by atoms with Gasteiger partial charge in [-0.15, -0.1) is 0 Å². The van der Waals surface area contributed by atoms with Crippen LogP contribution in [0.3, 0.4) is 0 Å². The summed E-state index contributed by atoms with van der Waals surface area (Å²) in [5.41, 5.74) is 2.07. The number of pyridine rings is 1. The number of benzene rings is 1. The minimum absolute atomic E-state index is 0.151. The predicted octanol–water partition coefficient (Wildman–Crippen LogP) is 2.76. The molecule has 0 saturated carbocycles. The summed E-state index contributed by atoms with van der Waals surface area (Å²) >= 11 is 1.52. The Labute approximate surface area is 146 Å². The molecule has 0 spiro atoms. The van der Waals surface area contributed by atoms with Gasteiger partial charge in [-0.05, 0) is 30.2 Å². The second-order valence-electron chi connectivity index (χ2n) is 5.65. The van der Waals surface area contributed by atoms with E-state index in [1.165, 1.54) is 17.3 Å². The smallest absolute Gasteiger partial charge is 0.233 e. The third-order valence-electron chi connectivity index (χ3n) is 4.14. The molecule has 1 aliphatic rings. The monoisotopic (exact) mass is 346 g/mol. The number of morpholine rings is 1. The molecule has 1 fully saturated rings. The van der Waals surface area contributed by atoms with Crippen LogP contribution >= 0.6 is 11.8 Å². The molecule has 128 valence electrons. The number of hydrogen-bond acceptors (Lipinski definition) is 5. The first-order valence-electron chi connectivity index (χ1n) is 8.17. The van der Waals surface area contributed by atoms with Gasteiger partial charge in [0, 0.05) is 24.5 Å². The van der Waals surface area contributed by atoms with Crippen LogP contribution in [0.15, 0.2) is 29.3 Å². The number of nitrogens with zero attached hydrogens (tertiary/aromatic N) is 2. The number of ether oxygens (including phenoxy) is 2. The molecule has 0 atom stereocenters. The van der Waals surface area contributed by atoms with Gasteiger partial charge in [-0.1, -0.05) is 18.7 Å². The average molecular weight is 346 g/mol. The minimum Gasteiger partial charge on any atom is -0.497 e. The van der Waals surface area contributed by atoms with Gasteiger partial charge in [-0.2, -0.15) is 0 Å². The third-order valence-corrected chi connectivity index (χ3v) is 5.16. The molecule has 2 heterocycles. The summed E-state index contributed by atoms with van der Waals surface area (Å²) in [5.74, 6) is 1.35. The maximum Gasteiger partial charge on any atom is 0.233 e. The Morgan fingerprint density at radius 3 is 2.83 bits per heavy atom. The van der Waals surface area contributed by atoms with Crippen LogP contribution < -0.4 is 4.74 Å². The largest absolute Gasteiger partial charge is 0.497 e. The van der Waals surface area contributed by atoms with Crippen molar-refractivity contribution in [1.29, 1.82) is 0 Å². The van der Waals surface area contributed by atoms with Crippen molar-refractivity contribution in [2.24, 2.45) is 0 Å². The number of carbonyl (C=O) groups excluding carboxylic acids is 1. The summed E-state index contributed by atoms with van der Waals surface area (Å²) in [6.45, 7) is 4.74. The SMILES string of the molecule is CCc1cc2ccc(OC)cc2nc1SCC(=O)N1CCOCC1. The normalized spacial score (nSPS) is 14.8. The summed E-state index contributed by atoms with van der Waals surface area (Å²) in [7, 11) is 1.65. The van der Waals surface area contributed by atoms with E-state index in [4.69, 9.17) is 14.5 Å². The van der Waals surface area contributed by atoms with Crippen LogP contribution in [0.5, 0.6) is 5.75 Å². The van der Waals surface area contributed by atoms with E-state index >= 15 is 0 Å². The van der Waals surface area contributed by atoms with Crippen LogP contribution in [-0.4, -0.2) is 55.0 Å². The highest BCUT2D eigenvalue weighted by Crippen LogP contribution is 2.27. The van der Waals surface area contributed by atoms with E-state index < -0.39 is 0 Å². The van der Waals surface area contributed by atoms with Crippen LogP contribution in [0.4, 0.5) is 0 Å². The number of amides is 1. The van der Waals surface area contributed by atoms with E-state index in [0.29, 0.717) is 32.1 Å². The topological polar surface area (TPSA) is 51.7 Å². The number of rotatable bonds is 5. The van der Waals surface area contributed by atoms with Crippen molar-refractivity contribution in [1.82, 2.24) is 9.88 Å². The third kappa shape index (κ3) is 3.82. The molecule has 0 unspecified atom stereocenters. The summed E-state index contributed by atoms with van der Waals surface area (Å²) in [6.07, 6.45) is 0.892. The van der Waals surface area contributed by atoms with Gasteiger partial charge in [0.25, 0.3) is 0 Å². The number of aryl methyl sites for hydroxylation is 1. The van der Waals surface area contributed by atoms with Gasteiger partial charge in [-0.3, -0.25) is 4.79 Å². The van der Waals surface area contributed by atoms with Crippen molar-refractivity contribution in [2.45, 2.75) is 18.4 Å². The van der Waals surface area contributed by atoms with E-state index in [9.17, 15) is 4.79 Å². The Morgan fingerprint density at radius 1 is 1.33 bits per heavy atom. The van der Waals surface area contributed by atoms with E-state index in [0.717, 1.165) is 28.1 Å². The molecule has 0 radical (unpaired) electrons. The molecule has 1 amide bonds. The van der Waals surface area contributed by atoms with Crippen LogP contribution in [0.25, 0.3) is 10.9 Å². The van der Waals surface area contributed by atoms with Crippen molar-refractivity contribution >= 4 is 28.6 Å². The average Bonchev–Trinajstić information content (AvgIpc) is 2.65. The van der Waals surface area contributed by atoms with Crippen molar-refractivity contribution in [3.63, 3.8) is 0 Å².